The first-order valence-corrected chi connectivity index (χ1v) is 4.91. The van der Waals surface area contributed by atoms with Gasteiger partial charge in [0.15, 0.2) is 5.78 Å². The molecule has 0 N–H and O–H groups in total. The first-order chi connectivity index (χ1) is 7.13. The molecule has 0 spiro atoms. The third-order valence-corrected chi connectivity index (χ3v) is 2.86. The topological polar surface area (TPSA) is 43.4 Å². The summed E-state index contributed by atoms with van der Waals surface area (Å²) in [5, 5.41) is -0.490. The van der Waals surface area contributed by atoms with Crippen LogP contribution in [0.4, 0.5) is 0 Å². The van der Waals surface area contributed by atoms with Crippen molar-refractivity contribution in [3.63, 3.8) is 0 Å². The van der Waals surface area contributed by atoms with Crippen LogP contribution in [0.3, 0.4) is 0 Å². The maximum absolute atomic E-state index is 11.5. The van der Waals surface area contributed by atoms with Gasteiger partial charge in [0, 0.05) is 12.0 Å². The lowest BCUT2D eigenvalue weighted by Gasteiger charge is -2.06. The summed E-state index contributed by atoms with van der Waals surface area (Å²) in [6, 6.07) is 5.08. The number of ether oxygens (including phenoxy) is 1. The molecule has 3 nitrogen and oxygen atoms in total. The summed E-state index contributed by atoms with van der Waals surface area (Å²) in [4.78, 5) is 22.7. The van der Waals surface area contributed by atoms with Crippen LogP contribution >= 0.6 is 11.6 Å². The first kappa shape index (κ1) is 10.2. The Morgan fingerprint density at radius 3 is 2.87 bits per heavy atom. The van der Waals surface area contributed by atoms with Gasteiger partial charge in [-0.3, -0.25) is 9.59 Å². The van der Waals surface area contributed by atoms with E-state index in [9.17, 15) is 9.59 Å². The van der Waals surface area contributed by atoms with Gasteiger partial charge in [-0.05, 0) is 35.4 Å². The third kappa shape index (κ3) is 1.63. The van der Waals surface area contributed by atoms with Gasteiger partial charge >= 0.3 is 0 Å². The standard InChI is InChI=1S/C11H9ClO3/c1-15-6-2-3-7-8(4-6)9(11(12)14)5-10(7)13/h2-4,9H,5H2,1H3. The van der Waals surface area contributed by atoms with E-state index in [4.69, 9.17) is 16.3 Å². The van der Waals surface area contributed by atoms with E-state index >= 15 is 0 Å². The molecule has 0 aliphatic heterocycles. The summed E-state index contributed by atoms with van der Waals surface area (Å²) in [5.41, 5.74) is 1.26. The Bertz CT molecular complexity index is 439. The van der Waals surface area contributed by atoms with Gasteiger partial charge in [0.2, 0.25) is 5.24 Å². The fraction of sp³-hybridized carbons (Fsp3) is 0.273. The molecule has 1 atom stereocenters. The first-order valence-electron chi connectivity index (χ1n) is 4.54. The van der Waals surface area contributed by atoms with Gasteiger partial charge in [0.25, 0.3) is 0 Å². The third-order valence-electron chi connectivity index (χ3n) is 2.60. The smallest absolute Gasteiger partial charge is 0.229 e. The molecule has 2 rings (SSSR count). The molecule has 0 bridgehead atoms. The van der Waals surface area contributed by atoms with Crippen LogP contribution in [0.5, 0.6) is 5.75 Å². The van der Waals surface area contributed by atoms with E-state index in [0.29, 0.717) is 16.9 Å². The molecule has 4 heteroatoms. The number of benzene rings is 1. The average molecular weight is 225 g/mol. The molecule has 0 saturated heterocycles. The Labute approximate surface area is 92.0 Å². The van der Waals surface area contributed by atoms with Crippen molar-refractivity contribution in [3.8, 4) is 5.75 Å². The number of halogens is 1. The van der Waals surface area contributed by atoms with Crippen LogP contribution in [-0.2, 0) is 4.79 Å². The zero-order valence-corrected chi connectivity index (χ0v) is 8.88. The number of carbonyl (C=O) groups excluding carboxylic acids is 2. The highest BCUT2D eigenvalue weighted by Gasteiger charge is 2.33. The van der Waals surface area contributed by atoms with Crippen molar-refractivity contribution in [1.82, 2.24) is 0 Å². The van der Waals surface area contributed by atoms with E-state index < -0.39 is 11.2 Å². The molecule has 1 aliphatic carbocycles. The number of Topliss-reactive ketones (excluding diaryl/α,β-unsaturated/α-hetero) is 1. The zero-order valence-electron chi connectivity index (χ0n) is 8.12. The van der Waals surface area contributed by atoms with E-state index in [2.05, 4.69) is 0 Å². The maximum Gasteiger partial charge on any atom is 0.229 e. The average Bonchev–Trinajstić information content (AvgIpc) is 2.56. The van der Waals surface area contributed by atoms with E-state index in [-0.39, 0.29) is 12.2 Å². The molecule has 1 aromatic rings. The fourth-order valence-electron chi connectivity index (χ4n) is 1.82. The van der Waals surface area contributed by atoms with Crippen LogP contribution in [0, 0.1) is 0 Å². The van der Waals surface area contributed by atoms with Crippen LogP contribution in [-0.4, -0.2) is 18.1 Å². The Morgan fingerprint density at radius 2 is 2.27 bits per heavy atom. The zero-order chi connectivity index (χ0) is 11.0. The summed E-state index contributed by atoms with van der Waals surface area (Å²) >= 11 is 5.44. The van der Waals surface area contributed by atoms with Gasteiger partial charge in [-0.2, -0.15) is 0 Å². The number of carbonyl (C=O) groups is 2. The second-order valence-corrected chi connectivity index (χ2v) is 3.81. The molecule has 0 radical (unpaired) electrons. The number of rotatable bonds is 2. The molecule has 0 fully saturated rings. The van der Waals surface area contributed by atoms with E-state index in [0.717, 1.165) is 0 Å². The van der Waals surface area contributed by atoms with E-state index in [1.807, 2.05) is 0 Å². The van der Waals surface area contributed by atoms with Crippen molar-refractivity contribution >= 4 is 22.6 Å². The predicted molar refractivity (Wildman–Crippen MR) is 55.5 cm³/mol. The van der Waals surface area contributed by atoms with Crippen LogP contribution in [0.25, 0.3) is 0 Å². The second-order valence-electron chi connectivity index (χ2n) is 3.44. The number of methoxy groups -OCH3 is 1. The van der Waals surface area contributed by atoms with Crippen molar-refractivity contribution in [2.24, 2.45) is 0 Å². The highest BCUT2D eigenvalue weighted by molar-refractivity contribution is 6.65. The van der Waals surface area contributed by atoms with Crippen molar-refractivity contribution in [2.75, 3.05) is 7.11 Å². The summed E-state index contributed by atoms with van der Waals surface area (Å²) in [6.07, 6.45) is 0.171. The molecule has 0 heterocycles. The van der Waals surface area contributed by atoms with Crippen LogP contribution in [0.2, 0.25) is 0 Å². The highest BCUT2D eigenvalue weighted by Crippen LogP contribution is 2.36. The van der Waals surface area contributed by atoms with Crippen LogP contribution in [0.1, 0.15) is 28.3 Å². The Kier molecular flexibility index (Phi) is 2.49. The maximum atomic E-state index is 11.5. The molecule has 0 saturated carbocycles. The van der Waals surface area contributed by atoms with Crippen molar-refractivity contribution in [3.05, 3.63) is 29.3 Å². The summed E-state index contributed by atoms with van der Waals surface area (Å²) in [5.74, 6) is 0.0855. The second kappa shape index (κ2) is 3.66. The van der Waals surface area contributed by atoms with Crippen LogP contribution < -0.4 is 4.74 Å². The Balaban J connectivity index is 2.52. The minimum atomic E-state index is -0.510. The Morgan fingerprint density at radius 1 is 1.53 bits per heavy atom. The van der Waals surface area contributed by atoms with Crippen molar-refractivity contribution in [2.45, 2.75) is 12.3 Å². The highest BCUT2D eigenvalue weighted by atomic mass is 35.5. The van der Waals surface area contributed by atoms with Gasteiger partial charge in [-0.15, -0.1) is 0 Å². The molecule has 0 aromatic heterocycles. The van der Waals surface area contributed by atoms with Gasteiger partial charge < -0.3 is 4.74 Å². The normalized spacial score (nSPS) is 18.8. The largest absolute Gasteiger partial charge is 0.497 e. The lowest BCUT2D eigenvalue weighted by Crippen LogP contribution is -2.02. The van der Waals surface area contributed by atoms with Gasteiger partial charge in [0.1, 0.15) is 5.75 Å². The van der Waals surface area contributed by atoms with Crippen molar-refractivity contribution in [1.29, 1.82) is 0 Å². The number of hydrogen-bond acceptors (Lipinski definition) is 3. The van der Waals surface area contributed by atoms with E-state index in [1.54, 1.807) is 18.2 Å². The number of hydrogen-bond donors (Lipinski definition) is 0. The molecule has 78 valence electrons. The quantitative estimate of drug-likeness (QED) is 0.723. The molecule has 0 amide bonds. The lowest BCUT2D eigenvalue weighted by atomic mass is 10.0. The summed E-state index contributed by atoms with van der Waals surface area (Å²) in [6.45, 7) is 0. The number of ketones is 1. The Hall–Kier alpha value is -1.35. The molecular formula is C11H9ClO3. The minimum Gasteiger partial charge on any atom is -0.497 e. The fourth-order valence-corrected chi connectivity index (χ4v) is 2.01. The summed E-state index contributed by atoms with van der Waals surface area (Å²) < 4.78 is 5.04. The SMILES string of the molecule is COc1ccc2c(c1)C(C(=O)Cl)CC2=O. The summed E-state index contributed by atoms with van der Waals surface area (Å²) in [7, 11) is 1.54. The lowest BCUT2D eigenvalue weighted by molar-refractivity contribution is -0.112. The molecule has 1 aromatic carbocycles. The van der Waals surface area contributed by atoms with Crippen molar-refractivity contribution < 1.29 is 14.3 Å². The minimum absolute atomic E-state index is 0.0355. The molecule has 15 heavy (non-hydrogen) atoms. The molecule has 1 aliphatic rings. The predicted octanol–water partition coefficient (Wildman–Crippen LogP) is 2.13. The van der Waals surface area contributed by atoms with E-state index in [1.165, 1.54) is 7.11 Å². The van der Waals surface area contributed by atoms with Gasteiger partial charge in [0.05, 0.1) is 13.0 Å². The molecular weight excluding hydrogens is 216 g/mol. The monoisotopic (exact) mass is 224 g/mol. The van der Waals surface area contributed by atoms with Crippen LogP contribution in [0.15, 0.2) is 18.2 Å². The molecule has 1 unspecified atom stereocenters. The van der Waals surface area contributed by atoms with Gasteiger partial charge in [-0.1, -0.05) is 0 Å². The van der Waals surface area contributed by atoms with Gasteiger partial charge in [-0.25, -0.2) is 0 Å². The number of fused-ring (bicyclic) bond motifs is 1.